The molecule has 1 atom stereocenters. The molecule has 3 N–H and O–H groups in total. The van der Waals surface area contributed by atoms with E-state index in [-0.39, 0.29) is 17.5 Å². The number of rotatable bonds is 6. The smallest absolute Gasteiger partial charge is 0.266 e. The normalized spacial score (nSPS) is 19.3. The number of aryl methyl sites for hydroxylation is 3. The van der Waals surface area contributed by atoms with E-state index in [4.69, 9.17) is 5.73 Å². The van der Waals surface area contributed by atoms with Crippen molar-refractivity contribution in [2.45, 2.75) is 45.4 Å². The molecule has 1 unspecified atom stereocenters. The van der Waals surface area contributed by atoms with Crippen molar-refractivity contribution >= 4 is 17.5 Å². The van der Waals surface area contributed by atoms with Gasteiger partial charge in [-0.3, -0.25) is 19.0 Å². The minimum absolute atomic E-state index is 0.133. The highest BCUT2D eigenvalue weighted by atomic mass is 16.2. The van der Waals surface area contributed by atoms with E-state index in [2.05, 4.69) is 32.4 Å². The summed E-state index contributed by atoms with van der Waals surface area (Å²) in [6.45, 7) is 4.18. The fraction of sp³-hybridized carbons (Fsp3) is 0.478. The summed E-state index contributed by atoms with van der Waals surface area (Å²) in [5.41, 5.74) is 8.63. The predicted molar refractivity (Wildman–Crippen MR) is 123 cm³/mol. The first-order chi connectivity index (χ1) is 15.7. The Morgan fingerprint density at radius 1 is 1.09 bits per heavy atom. The Bertz CT molecular complexity index is 1140. The molecule has 1 aliphatic rings. The summed E-state index contributed by atoms with van der Waals surface area (Å²) in [5, 5.41) is 11.7. The van der Waals surface area contributed by atoms with Crippen LogP contribution in [0, 0.1) is 18.8 Å². The quantitative estimate of drug-likeness (QED) is 0.593. The first-order valence-electron chi connectivity index (χ1n) is 11.2. The van der Waals surface area contributed by atoms with E-state index < -0.39 is 11.8 Å². The van der Waals surface area contributed by atoms with Crippen LogP contribution in [0.3, 0.4) is 0 Å². The van der Waals surface area contributed by atoms with Crippen molar-refractivity contribution in [3.05, 3.63) is 41.6 Å². The summed E-state index contributed by atoms with van der Waals surface area (Å²) >= 11 is 0. The zero-order chi connectivity index (χ0) is 23.7. The van der Waals surface area contributed by atoms with Gasteiger partial charge in [0.05, 0.1) is 35.9 Å². The van der Waals surface area contributed by atoms with E-state index in [1.165, 1.54) is 4.68 Å². The van der Waals surface area contributed by atoms with Gasteiger partial charge in [-0.15, -0.1) is 0 Å². The van der Waals surface area contributed by atoms with Crippen molar-refractivity contribution < 1.29 is 9.59 Å². The van der Waals surface area contributed by atoms with Crippen molar-refractivity contribution in [1.29, 1.82) is 0 Å². The molecule has 10 nitrogen and oxygen atoms in total. The Kier molecular flexibility index (Phi) is 6.26. The number of hydrogen-bond donors (Lipinski definition) is 2. The van der Waals surface area contributed by atoms with Crippen LogP contribution < -0.4 is 11.1 Å². The molecular weight excluding hydrogens is 420 g/mol. The lowest BCUT2D eigenvalue weighted by Gasteiger charge is -2.31. The third kappa shape index (κ3) is 4.64. The van der Waals surface area contributed by atoms with Crippen LogP contribution >= 0.6 is 0 Å². The Balaban J connectivity index is 1.59. The number of nitrogens with one attached hydrogen (secondary N) is 1. The first-order valence-corrected chi connectivity index (χ1v) is 11.2. The van der Waals surface area contributed by atoms with E-state index in [0.717, 1.165) is 36.9 Å². The molecular formula is C23H30N8O2. The summed E-state index contributed by atoms with van der Waals surface area (Å²) in [6, 6.07) is 1.63. The summed E-state index contributed by atoms with van der Waals surface area (Å²) < 4.78 is 3.16. The minimum atomic E-state index is -0.567. The number of aromatic nitrogens is 6. The number of amides is 2. The maximum Gasteiger partial charge on any atom is 0.266 e. The van der Waals surface area contributed by atoms with Gasteiger partial charge in [0.25, 0.3) is 5.91 Å². The molecule has 3 aromatic rings. The molecule has 1 aliphatic carbocycles. The van der Waals surface area contributed by atoms with E-state index in [1.54, 1.807) is 36.4 Å². The highest BCUT2D eigenvalue weighted by molar-refractivity contribution is 5.96. The highest BCUT2D eigenvalue weighted by Crippen LogP contribution is 2.38. The van der Waals surface area contributed by atoms with Gasteiger partial charge in [-0.2, -0.15) is 10.2 Å². The predicted octanol–water partition coefficient (Wildman–Crippen LogP) is 2.57. The largest absolute Gasteiger partial charge is 0.364 e. The number of anilines is 1. The van der Waals surface area contributed by atoms with Crippen molar-refractivity contribution in [2.24, 2.45) is 31.7 Å². The topological polar surface area (TPSA) is 134 Å². The molecule has 33 heavy (non-hydrogen) atoms. The average Bonchev–Trinajstić information content (AvgIpc) is 3.32. The molecule has 4 rings (SSSR count). The number of carbonyl (C=O) groups excluding carboxylic acids is 2. The molecule has 0 saturated heterocycles. The molecule has 3 aromatic heterocycles. The van der Waals surface area contributed by atoms with Gasteiger partial charge >= 0.3 is 0 Å². The van der Waals surface area contributed by atoms with E-state index in [0.29, 0.717) is 23.1 Å². The molecule has 3 heterocycles. The zero-order valence-electron chi connectivity index (χ0n) is 19.4. The van der Waals surface area contributed by atoms with Crippen LogP contribution in [0.25, 0.3) is 11.5 Å². The Morgan fingerprint density at radius 3 is 2.30 bits per heavy atom. The molecule has 174 valence electrons. The highest BCUT2D eigenvalue weighted by Gasteiger charge is 2.35. The van der Waals surface area contributed by atoms with Gasteiger partial charge in [-0.1, -0.05) is 19.8 Å². The van der Waals surface area contributed by atoms with Crippen LogP contribution in [0.2, 0.25) is 0 Å². The second-order valence-corrected chi connectivity index (χ2v) is 9.02. The number of primary amides is 1. The van der Waals surface area contributed by atoms with Crippen molar-refractivity contribution in [1.82, 2.24) is 29.5 Å². The van der Waals surface area contributed by atoms with Crippen molar-refractivity contribution in [3.8, 4) is 11.5 Å². The molecule has 0 aromatic carbocycles. The van der Waals surface area contributed by atoms with E-state index in [9.17, 15) is 9.59 Å². The van der Waals surface area contributed by atoms with Crippen LogP contribution in [0.1, 0.15) is 60.3 Å². The third-order valence-electron chi connectivity index (χ3n) is 6.54. The number of hydrogen-bond acceptors (Lipinski definition) is 6. The lowest BCUT2D eigenvalue weighted by Crippen LogP contribution is -2.30. The van der Waals surface area contributed by atoms with Gasteiger partial charge in [-0.05, 0) is 43.2 Å². The first kappa shape index (κ1) is 22.6. The summed E-state index contributed by atoms with van der Waals surface area (Å²) in [4.78, 5) is 34.1. The standard InChI is InChI=1S/C23H30N8O2/c1-13-5-7-15(8-6-13)19(17-9-18(21(24)32)30(3)29-17)23(33)28-16-11-25-22(26-12-16)20-14(2)10-27-31(20)4/h9-13,15,19H,5-8H2,1-4H3,(H2,24,32)(H,28,33). The SMILES string of the molecule is Cc1cnn(C)c1-c1ncc(NC(=O)C(c2cc(C(N)=O)n(C)n2)C2CCC(C)CC2)cn1. The van der Waals surface area contributed by atoms with E-state index in [1.807, 2.05) is 14.0 Å². The fourth-order valence-corrected chi connectivity index (χ4v) is 4.68. The van der Waals surface area contributed by atoms with E-state index >= 15 is 0 Å². The molecule has 0 radical (unpaired) electrons. The maximum atomic E-state index is 13.5. The minimum Gasteiger partial charge on any atom is -0.364 e. The monoisotopic (exact) mass is 450 g/mol. The van der Waals surface area contributed by atoms with Crippen LogP contribution in [0.15, 0.2) is 24.7 Å². The van der Waals surface area contributed by atoms with Gasteiger partial charge in [-0.25, -0.2) is 9.97 Å². The Hall–Kier alpha value is -3.56. The Labute approximate surface area is 192 Å². The fourth-order valence-electron chi connectivity index (χ4n) is 4.68. The van der Waals surface area contributed by atoms with Gasteiger partial charge in [0, 0.05) is 14.1 Å². The van der Waals surface area contributed by atoms with Gasteiger partial charge in [0.1, 0.15) is 11.4 Å². The number of carbonyl (C=O) groups is 2. The number of nitrogens with zero attached hydrogens (tertiary/aromatic N) is 6. The molecule has 1 fully saturated rings. The molecule has 0 spiro atoms. The van der Waals surface area contributed by atoms with Crippen molar-refractivity contribution in [2.75, 3.05) is 5.32 Å². The molecule has 2 amide bonds. The average molecular weight is 451 g/mol. The Morgan fingerprint density at radius 2 is 1.76 bits per heavy atom. The van der Waals surface area contributed by atoms with Crippen molar-refractivity contribution in [3.63, 3.8) is 0 Å². The number of nitrogens with two attached hydrogens (primary N) is 1. The van der Waals surface area contributed by atoms with Gasteiger partial charge < -0.3 is 11.1 Å². The second-order valence-electron chi connectivity index (χ2n) is 9.02. The zero-order valence-corrected chi connectivity index (χ0v) is 19.4. The molecule has 1 saturated carbocycles. The van der Waals surface area contributed by atoms with Gasteiger partial charge in [0.2, 0.25) is 5.91 Å². The van der Waals surface area contributed by atoms with Gasteiger partial charge in [0.15, 0.2) is 5.82 Å². The summed E-state index contributed by atoms with van der Waals surface area (Å²) in [7, 11) is 3.50. The lowest BCUT2D eigenvalue weighted by atomic mass is 9.75. The van der Waals surface area contributed by atoms with Crippen LogP contribution in [0.4, 0.5) is 5.69 Å². The van der Waals surface area contributed by atoms with Crippen LogP contribution in [0.5, 0.6) is 0 Å². The van der Waals surface area contributed by atoms with Crippen LogP contribution in [-0.4, -0.2) is 41.3 Å². The lowest BCUT2D eigenvalue weighted by molar-refractivity contribution is -0.119. The summed E-state index contributed by atoms with van der Waals surface area (Å²) in [5.74, 6) is 0.0779. The molecule has 0 bridgehead atoms. The summed E-state index contributed by atoms with van der Waals surface area (Å²) in [6.07, 6.45) is 8.93. The maximum absolute atomic E-state index is 13.5. The van der Waals surface area contributed by atoms with Crippen LogP contribution in [-0.2, 0) is 18.9 Å². The molecule has 0 aliphatic heterocycles. The third-order valence-corrected chi connectivity index (χ3v) is 6.54. The second kappa shape index (κ2) is 9.13. The molecule has 10 heteroatoms.